The normalized spacial score (nSPS) is 11.1. The molecular formula is C17H11N3O2. The smallest absolute Gasteiger partial charge is 0.335 e. The fourth-order valence-electron chi connectivity index (χ4n) is 2.59. The van der Waals surface area contributed by atoms with Crippen LogP contribution < -0.4 is 0 Å². The molecule has 0 bridgehead atoms. The monoisotopic (exact) mass is 289 g/mol. The molecule has 0 saturated heterocycles. The van der Waals surface area contributed by atoms with Crippen LogP contribution in [0.3, 0.4) is 0 Å². The van der Waals surface area contributed by atoms with E-state index in [1.165, 1.54) is 0 Å². The Morgan fingerprint density at radius 1 is 1.09 bits per heavy atom. The van der Waals surface area contributed by atoms with Gasteiger partial charge >= 0.3 is 5.97 Å². The van der Waals surface area contributed by atoms with Gasteiger partial charge in [-0.2, -0.15) is 5.10 Å². The first-order valence-corrected chi connectivity index (χ1v) is 6.79. The molecule has 0 aliphatic rings. The Morgan fingerprint density at radius 3 is 2.86 bits per heavy atom. The maximum absolute atomic E-state index is 11.2. The topological polar surface area (TPSA) is 78.9 Å². The van der Waals surface area contributed by atoms with Crippen molar-refractivity contribution in [3.63, 3.8) is 0 Å². The maximum Gasteiger partial charge on any atom is 0.335 e. The lowest BCUT2D eigenvalue weighted by Gasteiger charge is -2.02. The molecule has 4 rings (SSSR count). The molecule has 0 saturated carbocycles. The number of hydrogen-bond donors (Lipinski definition) is 2. The molecule has 2 N–H and O–H groups in total. The van der Waals surface area contributed by atoms with E-state index in [2.05, 4.69) is 15.2 Å². The highest BCUT2D eigenvalue weighted by Gasteiger charge is 2.11. The predicted octanol–water partition coefficient (Wildman–Crippen LogP) is 3.48. The quantitative estimate of drug-likeness (QED) is 0.592. The highest BCUT2D eigenvalue weighted by molar-refractivity contribution is 5.99. The molecule has 2 aromatic carbocycles. The number of hydrogen-bond acceptors (Lipinski definition) is 3. The van der Waals surface area contributed by atoms with Gasteiger partial charge in [0, 0.05) is 22.5 Å². The third kappa shape index (κ3) is 1.91. The summed E-state index contributed by atoms with van der Waals surface area (Å²) in [5.74, 6) is -0.947. The summed E-state index contributed by atoms with van der Waals surface area (Å²) in [5.41, 5.74) is 3.64. The van der Waals surface area contributed by atoms with E-state index < -0.39 is 5.97 Å². The van der Waals surface area contributed by atoms with Gasteiger partial charge in [0.05, 0.1) is 22.3 Å². The van der Waals surface area contributed by atoms with Crippen molar-refractivity contribution in [1.29, 1.82) is 0 Å². The van der Waals surface area contributed by atoms with Crippen molar-refractivity contribution in [2.24, 2.45) is 0 Å². The number of rotatable bonds is 2. The zero-order chi connectivity index (χ0) is 15.1. The zero-order valence-corrected chi connectivity index (χ0v) is 11.4. The fraction of sp³-hybridized carbons (Fsp3) is 0. The van der Waals surface area contributed by atoms with Gasteiger partial charge in [-0.1, -0.05) is 12.1 Å². The van der Waals surface area contributed by atoms with Crippen molar-refractivity contribution >= 4 is 27.8 Å². The molecule has 0 atom stereocenters. The van der Waals surface area contributed by atoms with Crippen LogP contribution in [0, 0.1) is 0 Å². The number of nitrogens with zero attached hydrogens (tertiary/aromatic N) is 2. The molecule has 0 unspecified atom stereocenters. The van der Waals surface area contributed by atoms with E-state index in [1.54, 1.807) is 24.4 Å². The van der Waals surface area contributed by atoms with Crippen molar-refractivity contribution in [3.8, 4) is 11.3 Å². The molecule has 106 valence electrons. The summed E-state index contributed by atoms with van der Waals surface area (Å²) >= 11 is 0. The van der Waals surface area contributed by atoms with E-state index in [4.69, 9.17) is 5.11 Å². The van der Waals surface area contributed by atoms with Gasteiger partial charge in [-0.25, -0.2) is 4.79 Å². The van der Waals surface area contributed by atoms with Crippen LogP contribution in [0.4, 0.5) is 0 Å². The van der Waals surface area contributed by atoms with E-state index in [0.29, 0.717) is 0 Å². The summed E-state index contributed by atoms with van der Waals surface area (Å²) in [6.45, 7) is 0. The minimum atomic E-state index is -0.947. The summed E-state index contributed by atoms with van der Waals surface area (Å²) in [6.07, 6.45) is 1.76. The van der Waals surface area contributed by atoms with Crippen LogP contribution in [-0.2, 0) is 0 Å². The molecule has 2 heterocycles. The lowest BCUT2D eigenvalue weighted by atomic mass is 10.0. The molecule has 5 nitrogen and oxygen atoms in total. The molecule has 0 spiro atoms. The highest BCUT2D eigenvalue weighted by atomic mass is 16.4. The molecule has 0 aliphatic carbocycles. The van der Waals surface area contributed by atoms with Gasteiger partial charge in [0.1, 0.15) is 0 Å². The minimum Gasteiger partial charge on any atom is -0.478 e. The molecular weight excluding hydrogens is 278 g/mol. The summed E-state index contributed by atoms with van der Waals surface area (Å²) in [6, 6.07) is 14.7. The van der Waals surface area contributed by atoms with Gasteiger partial charge in [0.15, 0.2) is 0 Å². The first-order valence-electron chi connectivity index (χ1n) is 6.79. The number of aromatic amines is 1. The third-order valence-electron chi connectivity index (χ3n) is 3.69. The standard InChI is InChI=1S/C17H11N3O2/c21-17(22)12-4-6-15-13(9-12)16(20-19-15)11-3-5-14-10(8-11)2-1-7-18-14/h1-9H,(H,19,20)(H,21,22). The number of nitrogens with one attached hydrogen (secondary N) is 1. The predicted molar refractivity (Wildman–Crippen MR) is 83.8 cm³/mol. The molecule has 0 aliphatic heterocycles. The van der Waals surface area contributed by atoms with Gasteiger partial charge in [0.2, 0.25) is 0 Å². The zero-order valence-electron chi connectivity index (χ0n) is 11.4. The van der Waals surface area contributed by atoms with Crippen LogP contribution in [0.2, 0.25) is 0 Å². The summed E-state index contributed by atoms with van der Waals surface area (Å²) < 4.78 is 0. The summed E-state index contributed by atoms with van der Waals surface area (Å²) in [4.78, 5) is 15.4. The number of pyridine rings is 1. The second-order valence-electron chi connectivity index (χ2n) is 5.05. The van der Waals surface area contributed by atoms with Crippen LogP contribution >= 0.6 is 0 Å². The third-order valence-corrected chi connectivity index (χ3v) is 3.69. The van der Waals surface area contributed by atoms with E-state index in [9.17, 15) is 4.79 Å². The Balaban J connectivity index is 1.95. The second kappa shape index (κ2) is 4.66. The average Bonchev–Trinajstić information content (AvgIpc) is 2.97. The Morgan fingerprint density at radius 2 is 2.00 bits per heavy atom. The SMILES string of the molecule is O=C(O)c1ccc2[nH]nc(-c3ccc4ncccc4c3)c2c1. The second-order valence-corrected chi connectivity index (χ2v) is 5.05. The fourth-order valence-corrected chi connectivity index (χ4v) is 2.59. The molecule has 22 heavy (non-hydrogen) atoms. The van der Waals surface area contributed by atoms with Crippen molar-refractivity contribution < 1.29 is 9.90 Å². The largest absolute Gasteiger partial charge is 0.478 e. The lowest BCUT2D eigenvalue weighted by Crippen LogP contribution is -1.94. The van der Waals surface area contributed by atoms with Crippen LogP contribution in [-0.4, -0.2) is 26.3 Å². The minimum absolute atomic E-state index is 0.248. The van der Waals surface area contributed by atoms with E-state index in [1.807, 2.05) is 30.3 Å². The maximum atomic E-state index is 11.2. The summed E-state index contributed by atoms with van der Waals surface area (Å²) in [7, 11) is 0. The number of aromatic nitrogens is 3. The Bertz CT molecular complexity index is 1020. The van der Waals surface area contributed by atoms with Crippen LogP contribution in [0.1, 0.15) is 10.4 Å². The molecule has 0 radical (unpaired) electrons. The first kappa shape index (κ1) is 12.5. The van der Waals surface area contributed by atoms with Crippen LogP contribution in [0.5, 0.6) is 0 Å². The summed E-state index contributed by atoms with van der Waals surface area (Å²) in [5, 5.41) is 18.2. The van der Waals surface area contributed by atoms with Crippen LogP contribution in [0.25, 0.3) is 33.1 Å². The Kier molecular flexibility index (Phi) is 2.66. The van der Waals surface area contributed by atoms with Crippen LogP contribution in [0.15, 0.2) is 54.7 Å². The number of benzene rings is 2. The molecule has 0 fully saturated rings. The average molecular weight is 289 g/mol. The number of fused-ring (bicyclic) bond motifs is 2. The van der Waals surface area contributed by atoms with Gasteiger partial charge in [-0.3, -0.25) is 10.1 Å². The van der Waals surface area contributed by atoms with Crippen molar-refractivity contribution in [1.82, 2.24) is 15.2 Å². The first-order chi connectivity index (χ1) is 10.7. The van der Waals surface area contributed by atoms with Gasteiger partial charge in [-0.15, -0.1) is 0 Å². The molecule has 5 heteroatoms. The Labute approximate surface area is 125 Å². The van der Waals surface area contributed by atoms with E-state index in [-0.39, 0.29) is 5.56 Å². The van der Waals surface area contributed by atoms with Crippen molar-refractivity contribution in [2.45, 2.75) is 0 Å². The number of carboxylic acid groups (broad SMARTS) is 1. The van der Waals surface area contributed by atoms with Crippen molar-refractivity contribution in [2.75, 3.05) is 0 Å². The van der Waals surface area contributed by atoms with Gasteiger partial charge in [-0.05, 0) is 36.4 Å². The highest BCUT2D eigenvalue weighted by Crippen LogP contribution is 2.29. The number of carboxylic acids is 1. The van der Waals surface area contributed by atoms with Gasteiger partial charge in [0.25, 0.3) is 0 Å². The lowest BCUT2D eigenvalue weighted by molar-refractivity contribution is 0.0697. The number of aromatic carboxylic acids is 1. The molecule has 0 amide bonds. The van der Waals surface area contributed by atoms with E-state index in [0.717, 1.165) is 33.1 Å². The van der Waals surface area contributed by atoms with Gasteiger partial charge < -0.3 is 5.11 Å². The number of H-pyrrole nitrogens is 1. The number of carbonyl (C=O) groups is 1. The molecule has 4 aromatic rings. The molecule has 2 aromatic heterocycles. The van der Waals surface area contributed by atoms with E-state index >= 15 is 0 Å². The van der Waals surface area contributed by atoms with Crippen molar-refractivity contribution in [3.05, 3.63) is 60.3 Å². The Hall–Kier alpha value is -3.21.